The molecular weight excluding hydrogens is 396 g/mol. The van der Waals surface area contributed by atoms with Crippen LogP contribution in [0.4, 0.5) is 0 Å². The predicted molar refractivity (Wildman–Crippen MR) is 94.2 cm³/mol. The van der Waals surface area contributed by atoms with Crippen LogP contribution in [0.5, 0.6) is 5.75 Å². The summed E-state index contributed by atoms with van der Waals surface area (Å²) in [4.78, 5) is 12.0. The molecule has 8 heteroatoms. The lowest BCUT2D eigenvalue weighted by atomic mass is 10.2. The van der Waals surface area contributed by atoms with Crippen LogP contribution in [0.25, 0.3) is 0 Å². The summed E-state index contributed by atoms with van der Waals surface area (Å²) >= 11 is 3.18. The summed E-state index contributed by atoms with van der Waals surface area (Å²) in [5.41, 5.74) is 0.807. The number of para-hydroxylation sites is 1. The molecule has 2 rings (SSSR count). The standard InChI is InChI=1S/C16H17BrN2O4S/c1-23-14-8-4-2-6-12(14)10-18-16(20)11-19-24(21,22)15-9-5-3-7-13(15)17/h2-9,19H,10-11H2,1H3,(H,18,20). The van der Waals surface area contributed by atoms with Crippen LogP contribution >= 0.6 is 15.9 Å². The van der Waals surface area contributed by atoms with E-state index in [1.165, 1.54) is 6.07 Å². The molecule has 0 radical (unpaired) electrons. The summed E-state index contributed by atoms with van der Waals surface area (Å²) in [5, 5.41) is 2.65. The minimum Gasteiger partial charge on any atom is -0.496 e. The van der Waals surface area contributed by atoms with Gasteiger partial charge in [0.25, 0.3) is 0 Å². The number of halogens is 1. The van der Waals surface area contributed by atoms with E-state index in [0.29, 0.717) is 10.2 Å². The quantitative estimate of drug-likeness (QED) is 0.728. The van der Waals surface area contributed by atoms with E-state index in [9.17, 15) is 13.2 Å². The fourth-order valence-corrected chi connectivity index (χ4v) is 3.99. The summed E-state index contributed by atoms with van der Waals surface area (Å²) in [7, 11) is -2.22. The monoisotopic (exact) mass is 412 g/mol. The lowest BCUT2D eigenvalue weighted by Crippen LogP contribution is -2.36. The largest absolute Gasteiger partial charge is 0.496 e. The van der Waals surface area contributed by atoms with Crippen LogP contribution in [0.1, 0.15) is 5.56 Å². The van der Waals surface area contributed by atoms with E-state index in [4.69, 9.17) is 4.74 Å². The van der Waals surface area contributed by atoms with Gasteiger partial charge in [0.2, 0.25) is 15.9 Å². The van der Waals surface area contributed by atoms with Gasteiger partial charge < -0.3 is 10.1 Å². The summed E-state index contributed by atoms with van der Waals surface area (Å²) in [6, 6.07) is 13.7. The molecule has 2 N–H and O–H groups in total. The highest BCUT2D eigenvalue weighted by Gasteiger charge is 2.18. The van der Waals surface area contributed by atoms with Crippen LogP contribution in [-0.2, 0) is 21.4 Å². The van der Waals surface area contributed by atoms with Crippen LogP contribution in [0, 0.1) is 0 Å². The molecule has 0 bridgehead atoms. The maximum atomic E-state index is 12.2. The molecular formula is C16H17BrN2O4S. The number of nitrogens with one attached hydrogen (secondary N) is 2. The summed E-state index contributed by atoms with van der Waals surface area (Å²) in [6.45, 7) is -0.0988. The zero-order valence-electron chi connectivity index (χ0n) is 13.0. The molecule has 0 aliphatic rings. The highest BCUT2D eigenvalue weighted by Crippen LogP contribution is 2.20. The molecule has 6 nitrogen and oxygen atoms in total. The Labute approximate surface area is 149 Å². The molecule has 0 saturated heterocycles. The van der Waals surface area contributed by atoms with Gasteiger partial charge in [0.15, 0.2) is 0 Å². The first-order valence-corrected chi connectivity index (χ1v) is 9.34. The Morgan fingerprint density at radius 3 is 2.50 bits per heavy atom. The second-order valence-corrected chi connectivity index (χ2v) is 7.43. The van der Waals surface area contributed by atoms with Crippen LogP contribution in [-0.4, -0.2) is 28.0 Å². The fraction of sp³-hybridized carbons (Fsp3) is 0.188. The molecule has 24 heavy (non-hydrogen) atoms. The van der Waals surface area contributed by atoms with Gasteiger partial charge in [-0.05, 0) is 34.1 Å². The Hall–Kier alpha value is -1.90. The van der Waals surface area contributed by atoms with E-state index in [0.717, 1.165) is 5.56 Å². The SMILES string of the molecule is COc1ccccc1CNC(=O)CNS(=O)(=O)c1ccccc1Br. The number of rotatable bonds is 7. The Kier molecular flexibility index (Phi) is 6.36. The molecule has 128 valence electrons. The third kappa shape index (κ3) is 4.80. The number of sulfonamides is 1. The molecule has 0 atom stereocenters. The molecule has 0 fully saturated rings. The molecule has 0 spiro atoms. The minimum atomic E-state index is -3.76. The van der Waals surface area contributed by atoms with Crippen molar-refractivity contribution in [2.45, 2.75) is 11.4 Å². The average Bonchev–Trinajstić information content (AvgIpc) is 2.58. The van der Waals surface area contributed by atoms with Crippen molar-refractivity contribution in [2.24, 2.45) is 0 Å². The van der Waals surface area contributed by atoms with Crippen molar-refractivity contribution in [1.82, 2.24) is 10.0 Å². The minimum absolute atomic E-state index is 0.0857. The van der Waals surface area contributed by atoms with E-state index >= 15 is 0 Å². The lowest BCUT2D eigenvalue weighted by Gasteiger charge is -2.11. The van der Waals surface area contributed by atoms with Gasteiger partial charge in [-0.15, -0.1) is 0 Å². The number of benzene rings is 2. The molecule has 0 aromatic heterocycles. The van der Waals surface area contributed by atoms with E-state index in [-0.39, 0.29) is 18.0 Å². The van der Waals surface area contributed by atoms with Gasteiger partial charge in [-0.2, -0.15) is 0 Å². The topological polar surface area (TPSA) is 84.5 Å². The Bertz CT molecular complexity index is 824. The maximum absolute atomic E-state index is 12.2. The molecule has 1 amide bonds. The van der Waals surface area contributed by atoms with Gasteiger partial charge in [0, 0.05) is 16.6 Å². The Balaban J connectivity index is 1.93. The number of hydrogen-bond donors (Lipinski definition) is 2. The van der Waals surface area contributed by atoms with Gasteiger partial charge in [-0.3, -0.25) is 4.79 Å². The lowest BCUT2D eigenvalue weighted by molar-refractivity contribution is -0.120. The van der Waals surface area contributed by atoms with Gasteiger partial charge in [0.1, 0.15) is 5.75 Å². The number of methoxy groups -OCH3 is 1. The molecule has 0 heterocycles. The number of ether oxygens (including phenoxy) is 1. The van der Waals surface area contributed by atoms with Crippen LogP contribution < -0.4 is 14.8 Å². The van der Waals surface area contributed by atoms with E-state index < -0.39 is 15.9 Å². The number of hydrogen-bond acceptors (Lipinski definition) is 4. The third-order valence-corrected chi connectivity index (χ3v) is 5.63. The first-order chi connectivity index (χ1) is 11.4. The van der Waals surface area contributed by atoms with Crippen molar-refractivity contribution in [3.63, 3.8) is 0 Å². The average molecular weight is 413 g/mol. The van der Waals surface area contributed by atoms with Crippen molar-refractivity contribution in [1.29, 1.82) is 0 Å². The first kappa shape index (κ1) is 18.4. The van der Waals surface area contributed by atoms with Gasteiger partial charge >= 0.3 is 0 Å². The predicted octanol–water partition coefficient (Wildman–Crippen LogP) is 2.05. The van der Waals surface area contributed by atoms with Crippen LogP contribution in [0.3, 0.4) is 0 Å². The zero-order valence-corrected chi connectivity index (χ0v) is 15.4. The van der Waals surface area contributed by atoms with Crippen molar-refractivity contribution in [3.05, 3.63) is 58.6 Å². The third-order valence-electron chi connectivity index (χ3n) is 3.22. The molecule has 2 aromatic rings. The number of carbonyl (C=O) groups is 1. The van der Waals surface area contributed by atoms with Crippen LogP contribution in [0.15, 0.2) is 57.9 Å². The molecule has 0 aliphatic carbocycles. The molecule has 0 aliphatic heterocycles. The number of amides is 1. The van der Waals surface area contributed by atoms with Gasteiger partial charge in [-0.25, -0.2) is 13.1 Å². The highest BCUT2D eigenvalue weighted by atomic mass is 79.9. The zero-order chi connectivity index (χ0) is 17.6. The van der Waals surface area contributed by atoms with E-state index in [2.05, 4.69) is 26.0 Å². The van der Waals surface area contributed by atoms with E-state index in [1.807, 2.05) is 18.2 Å². The second-order valence-electron chi connectivity index (χ2n) is 4.84. The van der Waals surface area contributed by atoms with Crippen molar-refractivity contribution < 1.29 is 17.9 Å². The van der Waals surface area contributed by atoms with Crippen LogP contribution in [0.2, 0.25) is 0 Å². The summed E-state index contributed by atoms with van der Waals surface area (Å²) in [6.07, 6.45) is 0. The maximum Gasteiger partial charge on any atom is 0.242 e. The van der Waals surface area contributed by atoms with Crippen molar-refractivity contribution in [3.8, 4) is 5.75 Å². The normalized spacial score (nSPS) is 11.1. The fourth-order valence-electron chi connectivity index (χ4n) is 2.01. The highest BCUT2D eigenvalue weighted by molar-refractivity contribution is 9.10. The Morgan fingerprint density at radius 2 is 1.79 bits per heavy atom. The molecule has 0 saturated carbocycles. The first-order valence-electron chi connectivity index (χ1n) is 7.07. The summed E-state index contributed by atoms with van der Waals surface area (Å²) in [5.74, 6) is 0.225. The van der Waals surface area contributed by atoms with E-state index in [1.54, 1.807) is 31.4 Å². The van der Waals surface area contributed by atoms with Crippen molar-refractivity contribution in [2.75, 3.05) is 13.7 Å². The summed E-state index contributed by atoms with van der Waals surface area (Å²) < 4.78 is 32.3. The van der Waals surface area contributed by atoms with Crippen molar-refractivity contribution >= 4 is 31.9 Å². The smallest absolute Gasteiger partial charge is 0.242 e. The number of carbonyl (C=O) groups excluding carboxylic acids is 1. The van der Waals surface area contributed by atoms with Gasteiger partial charge in [-0.1, -0.05) is 30.3 Å². The molecule has 2 aromatic carbocycles. The Morgan fingerprint density at radius 1 is 1.12 bits per heavy atom. The van der Waals surface area contributed by atoms with Gasteiger partial charge in [0.05, 0.1) is 18.6 Å². The molecule has 0 unspecified atom stereocenters. The second kappa shape index (κ2) is 8.27.